The quantitative estimate of drug-likeness (QED) is 0.893. The van der Waals surface area contributed by atoms with Crippen molar-refractivity contribution < 1.29 is 22.7 Å². The van der Waals surface area contributed by atoms with Crippen molar-refractivity contribution in [2.45, 2.75) is 13.0 Å². The van der Waals surface area contributed by atoms with Gasteiger partial charge in [-0.2, -0.15) is 4.31 Å². The molecule has 1 heterocycles. The van der Waals surface area contributed by atoms with E-state index in [2.05, 4.69) is 0 Å². The minimum atomic E-state index is -3.32. The highest BCUT2D eigenvalue weighted by Crippen LogP contribution is 2.20. The Morgan fingerprint density at radius 2 is 2.17 bits per heavy atom. The van der Waals surface area contributed by atoms with Crippen LogP contribution < -0.4 is 0 Å². The maximum Gasteiger partial charge on any atom is 0.336 e. The van der Waals surface area contributed by atoms with E-state index < -0.39 is 21.8 Å². The summed E-state index contributed by atoms with van der Waals surface area (Å²) in [5, 5.41) is 8.97. The first-order chi connectivity index (χ1) is 8.40. The fraction of sp³-hybridized carbons (Fsp3) is 0.364. The van der Waals surface area contributed by atoms with E-state index in [4.69, 9.17) is 5.11 Å². The average molecular weight is 273 g/mol. The second-order valence-corrected chi connectivity index (χ2v) is 6.20. The highest BCUT2D eigenvalue weighted by Gasteiger charge is 2.29. The molecule has 1 aromatic carbocycles. The highest BCUT2D eigenvalue weighted by atomic mass is 32.2. The van der Waals surface area contributed by atoms with Crippen molar-refractivity contribution in [3.63, 3.8) is 0 Å². The summed E-state index contributed by atoms with van der Waals surface area (Å²) in [6.45, 7) is 0.250. The van der Waals surface area contributed by atoms with Crippen LogP contribution in [0.5, 0.6) is 0 Å². The molecule has 7 heteroatoms. The first kappa shape index (κ1) is 13.0. The number of carboxylic acid groups (broad SMARTS) is 1. The Balaban J connectivity index is 2.34. The number of halogens is 1. The second-order valence-electron chi connectivity index (χ2n) is 4.11. The van der Waals surface area contributed by atoms with Gasteiger partial charge in [0.1, 0.15) is 5.82 Å². The van der Waals surface area contributed by atoms with Crippen molar-refractivity contribution in [1.29, 1.82) is 0 Å². The molecule has 0 saturated carbocycles. The molecule has 0 atom stereocenters. The number of hydrogen-bond acceptors (Lipinski definition) is 3. The van der Waals surface area contributed by atoms with Crippen molar-refractivity contribution in [2.24, 2.45) is 0 Å². The van der Waals surface area contributed by atoms with Gasteiger partial charge in [-0.1, -0.05) is 0 Å². The topological polar surface area (TPSA) is 74.7 Å². The van der Waals surface area contributed by atoms with Gasteiger partial charge in [0.05, 0.1) is 11.3 Å². The third-order valence-electron chi connectivity index (χ3n) is 2.85. The smallest absolute Gasteiger partial charge is 0.336 e. The largest absolute Gasteiger partial charge is 0.478 e. The van der Waals surface area contributed by atoms with Gasteiger partial charge in [-0.3, -0.25) is 0 Å². The van der Waals surface area contributed by atoms with Gasteiger partial charge in [-0.25, -0.2) is 17.6 Å². The molecule has 0 amide bonds. The number of benzene rings is 1. The average Bonchev–Trinajstić information content (AvgIpc) is 2.58. The van der Waals surface area contributed by atoms with Crippen LogP contribution in [0.1, 0.15) is 22.3 Å². The van der Waals surface area contributed by atoms with Crippen LogP contribution in [0, 0.1) is 5.82 Å². The molecule has 18 heavy (non-hydrogen) atoms. The third kappa shape index (κ3) is 2.51. The molecular formula is C11H12FNO4S. The maximum absolute atomic E-state index is 13.1. The van der Waals surface area contributed by atoms with Gasteiger partial charge in [0.2, 0.25) is 10.0 Å². The van der Waals surface area contributed by atoms with E-state index >= 15 is 0 Å². The fourth-order valence-corrected chi connectivity index (χ4v) is 3.46. The summed E-state index contributed by atoms with van der Waals surface area (Å²) in [7, 11) is -3.32. The van der Waals surface area contributed by atoms with Gasteiger partial charge in [0.15, 0.2) is 0 Å². The monoisotopic (exact) mass is 273 g/mol. The SMILES string of the molecule is O=C(O)c1ccc(F)cc1CN1CCCS1(=O)=O. The molecule has 1 aliphatic heterocycles. The lowest BCUT2D eigenvalue weighted by molar-refractivity contribution is 0.0695. The van der Waals surface area contributed by atoms with Crippen LogP contribution in [0.3, 0.4) is 0 Å². The van der Waals surface area contributed by atoms with E-state index in [1.54, 1.807) is 0 Å². The van der Waals surface area contributed by atoms with Crippen LogP contribution >= 0.6 is 0 Å². The number of sulfonamides is 1. The normalized spacial score (nSPS) is 18.9. The zero-order valence-corrected chi connectivity index (χ0v) is 10.3. The van der Waals surface area contributed by atoms with E-state index in [1.165, 1.54) is 4.31 Å². The molecule has 2 rings (SSSR count). The second kappa shape index (κ2) is 4.66. The van der Waals surface area contributed by atoms with Crippen LogP contribution in [0.25, 0.3) is 0 Å². The molecule has 1 aliphatic rings. The number of nitrogens with zero attached hydrogens (tertiary/aromatic N) is 1. The van der Waals surface area contributed by atoms with Gasteiger partial charge in [-0.15, -0.1) is 0 Å². The summed E-state index contributed by atoms with van der Waals surface area (Å²) in [4.78, 5) is 11.0. The molecule has 0 spiro atoms. The molecule has 98 valence electrons. The Labute approximate surface area is 104 Å². The molecule has 0 unspecified atom stereocenters. The van der Waals surface area contributed by atoms with Crippen molar-refractivity contribution in [3.8, 4) is 0 Å². The minimum Gasteiger partial charge on any atom is -0.478 e. The number of carbonyl (C=O) groups is 1. The zero-order valence-electron chi connectivity index (χ0n) is 9.47. The number of rotatable bonds is 3. The molecule has 1 N–H and O–H groups in total. The zero-order chi connectivity index (χ0) is 13.3. The first-order valence-corrected chi connectivity index (χ1v) is 7.00. The Morgan fingerprint density at radius 3 is 2.72 bits per heavy atom. The van der Waals surface area contributed by atoms with Crippen LogP contribution in [-0.4, -0.2) is 36.1 Å². The lowest BCUT2D eigenvalue weighted by Crippen LogP contribution is -2.26. The molecule has 5 nitrogen and oxygen atoms in total. The predicted octanol–water partition coefficient (Wildman–Crippen LogP) is 1.06. The molecule has 1 saturated heterocycles. The summed E-state index contributed by atoms with van der Waals surface area (Å²) < 4.78 is 37.5. The summed E-state index contributed by atoms with van der Waals surface area (Å²) in [6.07, 6.45) is 0.514. The number of aromatic carboxylic acids is 1. The molecule has 0 aliphatic carbocycles. The summed E-state index contributed by atoms with van der Waals surface area (Å²) >= 11 is 0. The summed E-state index contributed by atoms with van der Waals surface area (Å²) in [6, 6.07) is 3.26. The van der Waals surface area contributed by atoms with Crippen molar-refractivity contribution >= 4 is 16.0 Å². The van der Waals surface area contributed by atoms with E-state index in [-0.39, 0.29) is 23.4 Å². The number of hydrogen-bond donors (Lipinski definition) is 1. The van der Waals surface area contributed by atoms with E-state index in [0.717, 1.165) is 18.2 Å². The molecule has 0 radical (unpaired) electrons. The van der Waals surface area contributed by atoms with Crippen LogP contribution in [0.15, 0.2) is 18.2 Å². The van der Waals surface area contributed by atoms with Crippen LogP contribution in [0.2, 0.25) is 0 Å². The summed E-state index contributed by atoms with van der Waals surface area (Å²) in [5.41, 5.74) is 0.103. The Hall–Kier alpha value is -1.47. The van der Waals surface area contributed by atoms with Gasteiger partial charge < -0.3 is 5.11 Å². The lowest BCUT2D eigenvalue weighted by Gasteiger charge is -2.15. The predicted molar refractivity (Wildman–Crippen MR) is 62.2 cm³/mol. The number of carboxylic acids is 1. The molecular weight excluding hydrogens is 261 g/mol. The van der Waals surface area contributed by atoms with E-state index in [9.17, 15) is 17.6 Å². The van der Waals surface area contributed by atoms with Crippen molar-refractivity contribution in [1.82, 2.24) is 4.31 Å². The highest BCUT2D eigenvalue weighted by molar-refractivity contribution is 7.89. The first-order valence-electron chi connectivity index (χ1n) is 5.40. The van der Waals surface area contributed by atoms with Gasteiger partial charge in [0, 0.05) is 13.1 Å². The Kier molecular flexibility index (Phi) is 3.36. The maximum atomic E-state index is 13.1. The van der Waals surface area contributed by atoms with Gasteiger partial charge >= 0.3 is 5.97 Å². The summed E-state index contributed by atoms with van der Waals surface area (Å²) in [5.74, 6) is -1.71. The van der Waals surface area contributed by atoms with Crippen molar-refractivity contribution in [2.75, 3.05) is 12.3 Å². The molecule has 1 fully saturated rings. The molecule has 0 aromatic heterocycles. The standard InChI is InChI=1S/C11H12FNO4S/c12-9-2-3-10(11(14)15)8(6-9)7-13-4-1-5-18(13,16)17/h2-3,6H,1,4-5,7H2,(H,14,15). The third-order valence-corrected chi connectivity index (χ3v) is 4.75. The Morgan fingerprint density at radius 1 is 1.44 bits per heavy atom. The van der Waals surface area contributed by atoms with Crippen LogP contribution in [-0.2, 0) is 16.6 Å². The molecule has 0 bridgehead atoms. The van der Waals surface area contributed by atoms with E-state index in [1.807, 2.05) is 0 Å². The van der Waals surface area contributed by atoms with Gasteiger partial charge in [0.25, 0.3) is 0 Å². The lowest BCUT2D eigenvalue weighted by atomic mass is 10.1. The van der Waals surface area contributed by atoms with E-state index in [0.29, 0.717) is 13.0 Å². The minimum absolute atomic E-state index is 0.0602. The van der Waals surface area contributed by atoms with Gasteiger partial charge in [-0.05, 0) is 30.2 Å². The van der Waals surface area contributed by atoms with Crippen LogP contribution in [0.4, 0.5) is 4.39 Å². The molecule has 1 aromatic rings. The Bertz CT molecular complexity index is 585. The van der Waals surface area contributed by atoms with Crippen molar-refractivity contribution in [3.05, 3.63) is 35.1 Å². The fourth-order valence-electron chi connectivity index (χ4n) is 1.96.